The van der Waals surface area contributed by atoms with Crippen LogP contribution in [0.4, 0.5) is 0 Å². The van der Waals surface area contributed by atoms with Crippen molar-refractivity contribution in [3.8, 4) is 0 Å². The zero-order chi connectivity index (χ0) is 14.2. The molecule has 0 amide bonds. The van der Waals surface area contributed by atoms with Crippen LogP contribution >= 0.6 is 22.9 Å². The van der Waals surface area contributed by atoms with Gasteiger partial charge < -0.3 is 0 Å². The lowest BCUT2D eigenvalue weighted by atomic mass is 10.4. The molecule has 3 rings (SSSR count). The van der Waals surface area contributed by atoms with Gasteiger partial charge >= 0.3 is 0 Å². The summed E-state index contributed by atoms with van der Waals surface area (Å²) in [5, 5.41) is 8.46. The van der Waals surface area contributed by atoms with E-state index in [-0.39, 0.29) is 16.9 Å². The van der Waals surface area contributed by atoms with Gasteiger partial charge in [-0.3, -0.25) is 5.10 Å². The Kier molecular flexibility index (Phi) is 3.85. The highest BCUT2D eigenvalue weighted by atomic mass is 35.5. The molecule has 0 radical (unpaired) electrons. The van der Waals surface area contributed by atoms with Gasteiger partial charge in [-0.1, -0.05) is 6.07 Å². The van der Waals surface area contributed by atoms with Crippen LogP contribution < -0.4 is 0 Å². The zero-order valence-corrected chi connectivity index (χ0v) is 13.0. The Morgan fingerprint density at radius 3 is 2.90 bits per heavy atom. The van der Waals surface area contributed by atoms with Crippen LogP contribution in [0, 0.1) is 0 Å². The van der Waals surface area contributed by atoms with Crippen LogP contribution in [0.1, 0.15) is 23.3 Å². The van der Waals surface area contributed by atoms with E-state index in [1.165, 1.54) is 6.20 Å². The normalized spacial score (nSPS) is 15.9. The first-order valence-electron chi connectivity index (χ1n) is 6.25. The second-order valence-electron chi connectivity index (χ2n) is 4.72. The quantitative estimate of drug-likeness (QED) is 0.827. The van der Waals surface area contributed by atoms with Gasteiger partial charge in [0.25, 0.3) is 10.0 Å². The molecule has 20 heavy (non-hydrogen) atoms. The summed E-state index contributed by atoms with van der Waals surface area (Å²) in [7, 11) is -3.58. The molecular weight excluding hydrogens is 318 g/mol. The van der Waals surface area contributed by atoms with Crippen molar-refractivity contribution in [2.45, 2.75) is 36.3 Å². The third kappa shape index (κ3) is 2.63. The number of nitrogens with one attached hydrogen (secondary N) is 1. The van der Waals surface area contributed by atoms with Crippen LogP contribution in [-0.4, -0.2) is 29.0 Å². The number of halogens is 1. The van der Waals surface area contributed by atoms with Crippen molar-refractivity contribution in [1.29, 1.82) is 0 Å². The number of alkyl halides is 1. The Morgan fingerprint density at radius 2 is 2.30 bits per heavy atom. The molecule has 0 aliphatic heterocycles. The molecule has 0 unspecified atom stereocenters. The maximum atomic E-state index is 12.8. The van der Waals surface area contributed by atoms with E-state index in [1.807, 2.05) is 17.5 Å². The summed E-state index contributed by atoms with van der Waals surface area (Å²) in [6.07, 6.45) is 3.29. The molecule has 0 spiro atoms. The average Bonchev–Trinajstić information content (AvgIpc) is 2.95. The standard InChI is InChI=1S/C12H14ClN3O2S2/c13-6-9-7-14-15-12(9)20(17,18)16(10-3-4-10)8-11-2-1-5-19-11/h1-2,5,7,10H,3-4,6,8H2,(H,14,15). The largest absolute Gasteiger partial charge is 0.266 e. The summed E-state index contributed by atoms with van der Waals surface area (Å²) in [6, 6.07) is 3.97. The third-order valence-corrected chi connectivity index (χ3v) is 6.30. The number of hydrogen-bond acceptors (Lipinski definition) is 4. The summed E-state index contributed by atoms with van der Waals surface area (Å²) in [4.78, 5) is 1.03. The van der Waals surface area contributed by atoms with Gasteiger partial charge in [0.05, 0.1) is 12.1 Å². The molecule has 0 bridgehead atoms. The highest BCUT2D eigenvalue weighted by molar-refractivity contribution is 7.89. The SMILES string of the molecule is O=S(=O)(c1[nH]ncc1CCl)N(Cc1cccs1)C1CC1. The van der Waals surface area contributed by atoms with Crippen LogP contribution in [0.5, 0.6) is 0 Å². The predicted octanol–water partition coefficient (Wildman–Crippen LogP) is 2.56. The summed E-state index contributed by atoms with van der Waals surface area (Å²) >= 11 is 7.34. The molecule has 1 aliphatic rings. The Labute approximate surface area is 126 Å². The van der Waals surface area contributed by atoms with Crippen molar-refractivity contribution in [2.24, 2.45) is 0 Å². The van der Waals surface area contributed by atoms with E-state index in [0.717, 1.165) is 17.7 Å². The number of H-pyrrole nitrogens is 1. The molecule has 5 nitrogen and oxygen atoms in total. The number of thiophene rings is 1. The molecule has 2 aromatic heterocycles. The van der Waals surface area contributed by atoms with Gasteiger partial charge in [-0.05, 0) is 24.3 Å². The molecule has 108 valence electrons. The van der Waals surface area contributed by atoms with Gasteiger partial charge in [0, 0.05) is 23.0 Å². The van der Waals surface area contributed by atoms with Crippen molar-refractivity contribution in [3.05, 3.63) is 34.2 Å². The number of nitrogens with zero attached hydrogens (tertiary/aromatic N) is 2. The maximum absolute atomic E-state index is 12.8. The van der Waals surface area contributed by atoms with Gasteiger partial charge in [-0.2, -0.15) is 9.40 Å². The highest BCUT2D eigenvalue weighted by Crippen LogP contribution is 2.34. The fourth-order valence-corrected chi connectivity index (χ4v) is 4.90. The van der Waals surface area contributed by atoms with Gasteiger partial charge in [0.2, 0.25) is 0 Å². The molecule has 0 atom stereocenters. The van der Waals surface area contributed by atoms with E-state index in [4.69, 9.17) is 11.6 Å². The third-order valence-electron chi connectivity index (χ3n) is 3.23. The van der Waals surface area contributed by atoms with E-state index in [0.29, 0.717) is 12.1 Å². The lowest BCUT2D eigenvalue weighted by molar-refractivity contribution is 0.399. The first-order chi connectivity index (χ1) is 9.63. The lowest BCUT2D eigenvalue weighted by Gasteiger charge is -2.20. The Morgan fingerprint density at radius 1 is 1.50 bits per heavy atom. The minimum atomic E-state index is -3.58. The van der Waals surface area contributed by atoms with E-state index < -0.39 is 10.0 Å². The second-order valence-corrected chi connectivity index (χ2v) is 7.85. The molecule has 1 N–H and O–H groups in total. The fourth-order valence-electron chi connectivity index (χ4n) is 2.06. The van der Waals surface area contributed by atoms with Crippen molar-refractivity contribution in [2.75, 3.05) is 0 Å². The minimum absolute atomic E-state index is 0.0913. The summed E-state index contributed by atoms with van der Waals surface area (Å²) in [5.41, 5.74) is 0.517. The minimum Gasteiger partial charge on any atom is -0.266 e. The Bertz CT molecular complexity index is 677. The monoisotopic (exact) mass is 331 g/mol. The van der Waals surface area contributed by atoms with Crippen LogP contribution in [-0.2, 0) is 22.4 Å². The molecule has 2 aromatic rings. The molecule has 0 aromatic carbocycles. The first kappa shape index (κ1) is 14.1. The van der Waals surface area contributed by atoms with Crippen LogP contribution in [0.15, 0.2) is 28.7 Å². The fraction of sp³-hybridized carbons (Fsp3) is 0.417. The maximum Gasteiger partial charge on any atom is 0.260 e. The molecule has 1 saturated carbocycles. The summed E-state index contributed by atoms with van der Waals surface area (Å²) in [6.45, 7) is 0.408. The van der Waals surface area contributed by atoms with Gasteiger partial charge in [0.1, 0.15) is 0 Å². The highest BCUT2D eigenvalue weighted by Gasteiger charge is 2.39. The molecule has 8 heteroatoms. The topological polar surface area (TPSA) is 66.1 Å². The van der Waals surface area contributed by atoms with Crippen molar-refractivity contribution in [3.63, 3.8) is 0 Å². The van der Waals surface area contributed by atoms with E-state index >= 15 is 0 Å². The number of hydrogen-bond donors (Lipinski definition) is 1. The number of rotatable bonds is 6. The number of sulfonamides is 1. The Balaban J connectivity index is 1.94. The van der Waals surface area contributed by atoms with Gasteiger partial charge in [-0.25, -0.2) is 8.42 Å². The zero-order valence-electron chi connectivity index (χ0n) is 10.6. The summed E-state index contributed by atoms with van der Waals surface area (Å²) < 4.78 is 27.1. The predicted molar refractivity (Wildman–Crippen MR) is 78.2 cm³/mol. The number of aromatic nitrogens is 2. The smallest absolute Gasteiger partial charge is 0.260 e. The van der Waals surface area contributed by atoms with Crippen LogP contribution in [0.3, 0.4) is 0 Å². The summed E-state index contributed by atoms with van der Waals surface area (Å²) in [5.74, 6) is 0.128. The Hall–Kier alpha value is -0.890. The number of aromatic amines is 1. The van der Waals surface area contributed by atoms with Gasteiger partial charge in [0.15, 0.2) is 5.03 Å². The molecule has 1 fully saturated rings. The lowest BCUT2D eigenvalue weighted by Crippen LogP contribution is -2.33. The van der Waals surface area contributed by atoms with Crippen molar-refractivity contribution < 1.29 is 8.42 Å². The van der Waals surface area contributed by atoms with Gasteiger partial charge in [-0.15, -0.1) is 22.9 Å². The molecular formula is C12H14ClN3O2S2. The van der Waals surface area contributed by atoms with Crippen molar-refractivity contribution >= 4 is 33.0 Å². The van der Waals surface area contributed by atoms with E-state index in [1.54, 1.807) is 15.6 Å². The first-order valence-corrected chi connectivity index (χ1v) is 9.11. The molecule has 1 aliphatic carbocycles. The van der Waals surface area contributed by atoms with Crippen molar-refractivity contribution in [1.82, 2.24) is 14.5 Å². The van der Waals surface area contributed by atoms with Crippen LogP contribution in [0.25, 0.3) is 0 Å². The molecule has 2 heterocycles. The van der Waals surface area contributed by atoms with Crippen LogP contribution in [0.2, 0.25) is 0 Å². The second kappa shape index (κ2) is 5.48. The average molecular weight is 332 g/mol. The van der Waals surface area contributed by atoms with E-state index in [9.17, 15) is 8.42 Å². The molecule has 0 saturated heterocycles. The van der Waals surface area contributed by atoms with E-state index in [2.05, 4.69) is 10.2 Å².